The monoisotopic (exact) mass is 350 g/mol. The molecule has 4 rings (SSSR count). The molecule has 0 radical (unpaired) electrons. The van der Waals surface area contributed by atoms with Gasteiger partial charge >= 0.3 is 0 Å². The molecule has 1 fully saturated rings. The molecule has 1 aromatic carbocycles. The molecule has 1 aliphatic rings. The standard InChI is InChI=1S/C21H26N4O/c1-25(14-18-13-22-21(23-18)11-16-7-5-6-8-16)15-19-12-20(24-26-19)17-9-3-2-4-10-17/h2-4,9-10,12-13,16H,5-8,11,14-15H2,1H3,(H,22,23). The van der Waals surface area contributed by atoms with Gasteiger partial charge in [0.2, 0.25) is 0 Å². The summed E-state index contributed by atoms with van der Waals surface area (Å²) < 4.78 is 5.50. The van der Waals surface area contributed by atoms with Gasteiger partial charge in [0.25, 0.3) is 0 Å². The second-order valence-corrected chi connectivity index (χ2v) is 7.43. The van der Waals surface area contributed by atoms with Crippen LogP contribution in [0, 0.1) is 5.92 Å². The Morgan fingerprint density at radius 2 is 1.96 bits per heavy atom. The molecular weight excluding hydrogens is 324 g/mol. The number of nitrogens with zero attached hydrogens (tertiary/aromatic N) is 3. The minimum absolute atomic E-state index is 0.719. The maximum absolute atomic E-state index is 5.50. The summed E-state index contributed by atoms with van der Waals surface area (Å²) in [6, 6.07) is 12.1. The summed E-state index contributed by atoms with van der Waals surface area (Å²) in [4.78, 5) is 10.3. The van der Waals surface area contributed by atoms with Crippen molar-refractivity contribution >= 4 is 0 Å². The lowest BCUT2D eigenvalue weighted by Gasteiger charge is -2.13. The Hall–Kier alpha value is -2.40. The third-order valence-electron chi connectivity index (χ3n) is 5.13. The Morgan fingerprint density at radius 3 is 2.77 bits per heavy atom. The van der Waals surface area contributed by atoms with Crippen molar-refractivity contribution < 1.29 is 4.52 Å². The predicted molar refractivity (Wildman–Crippen MR) is 101 cm³/mol. The number of imidazole rings is 1. The third-order valence-corrected chi connectivity index (χ3v) is 5.13. The number of H-pyrrole nitrogens is 1. The molecule has 5 heteroatoms. The van der Waals surface area contributed by atoms with Crippen LogP contribution < -0.4 is 0 Å². The lowest BCUT2D eigenvalue weighted by atomic mass is 10.0. The van der Waals surface area contributed by atoms with Gasteiger partial charge in [0.1, 0.15) is 11.5 Å². The van der Waals surface area contributed by atoms with Crippen LogP contribution >= 0.6 is 0 Å². The molecular formula is C21H26N4O. The van der Waals surface area contributed by atoms with Gasteiger partial charge in [-0.05, 0) is 13.0 Å². The van der Waals surface area contributed by atoms with E-state index in [9.17, 15) is 0 Å². The van der Waals surface area contributed by atoms with E-state index in [0.717, 1.165) is 54.0 Å². The first-order chi connectivity index (χ1) is 12.8. The molecule has 2 aromatic heterocycles. The highest BCUT2D eigenvalue weighted by molar-refractivity contribution is 5.58. The molecule has 1 saturated carbocycles. The van der Waals surface area contributed by atoms with E-state index in [1.807, 2.05) is 42.6 Å². The Balaban J connectivity index is 1.32. The van der Waals surface area contributed by atoms with Crippen molar-refractivity contribution in [3.05, 3.63) is 59.9 Å². The van der Waals surface area contributed by atoms with Gasteiger partial charge in [0.15, 0.2) is 5.76 Å². The fourth-order valence-corrected chi connectivity index (χ4v) is 3.82. The summed E-state index contributed by atoms with van der Waals surface area (Å²) in [6.07, 6.45) is 8.52. The topological polar surface area (TPSA) is 58.0 Å². The predicted octanol–water partition coefficient (Wildman–Crippen LogP) is 4.43. The van der Waals surface area contributed by atoms with E-state index < -0.39 is 0 Å². The van der Waals surface area contributed by atoms with Crippen molar-refractivity contribution in [3.8, 4) is 11.3 Å². The van der Waals surface area contributed by atoms with Gasteiger partial charge in [-0.1, -0.05) is 61.2 Å². The maximum Gasteiger partial charge on any atom is 0.151 e. The molecule has 0 bridgehead atoms. The Morgan fingerprint density at radius 1 is 1.15 bits per heavy atom. The normalized spacial score (nSPS) is 15.2. The molecule has 1 aliphatic carbocycles. The van der Waals surface area contributed by atoms with Gasteiger partial charge < -0.3 is 9.51 Å². The van der Waals surface area contributed by atoms with E-state index in [1.165, 1.54) is 25.7 Å². The van der Waals surface area contributed by atoms with E-state index in [0.29, 0.717) is 0 Å². The lowest BCUT2D eigenvalue weighted by Crippen LogP contribution is -2.17. The fraction of sp³-hybridized carbons (Fsp3) is 0.429. The number of aromatic amines is 1. The van der Waals surface area contributed by atoms with Gasteiger partial charge in [0.05, 0.1) is 6.54 Å². The summed E-state index contributed by atoms with van der Waals surface area (Å²) >= 11 is 0. The average molecular weight is 350 g/mol. The molecule has 0 saturated heterocycles. The maximum atomic E-state index is 5.50. The molecule has 0 atom stereocenters. The SMILES string of the molecule is CN(Cc1cnc(CC2CCCC2)[nH]1)Cc1cc(-c2ccccc2)no1. The van der Waals surface area contributed by atoms with Gasteiger partial charge in [-0.3, -0.25) is 4.90 Å². The quantitative estimate of drug-likeness (QED) is 0.685. The second-order valence-electron chi connectivity index (χ2n) is 7.43. The molecule has 136 valence electrons. The molecule has 0 aliphatic heterocycles. The summed E-state index contributed by atoms with van der Waals surface area (Å²) in [7, 11) is 2.09. The van der Waals surface area contributed by atoms with Crippen LogP contribution in [0.5, 0.6) is 0 Å². The molecule has 3 aromatic rings. The number of hydrogen-bond donors (Lipinski definition) is 1. The van der Waals surface area contributed by atoms with Crippen molar-refractivity contribution in [2.45, 2.75) is 45.2 Å². The lowest BCUT2D eigenvalue weighted by molar-refractivity contribution is 0.265. The van der Waals surface area contributed by atoms with Crippen LogP contribution in [0.25, 0.3) is 11.3 Å². The molecule has 0 unspecified atom stereocenters. The van der Waals surface area contributed by atoms with Crippen molar-refractivity contribution in [3.63, 3.8) is 0 Å². The molecule has 2 heterocycles. The number of nitrogens with one attached hydrogen (secondary N) is 1. The molecule has 0 spiro atoms. The van der Waals surface area contributed by atoms with Crippen LogP contribution in [0.2, 0.25) is 0 Å². The first-order valence-electron chi connectivity index (χ1n) is 9.48. The minimum atomic E-state index is 0.719. The zero-order chi connectivity index (χ0) is 17.8. The van der Waals surface area contributed by atoms with Crippen molar-refractivity contribution in [2.75, 3.05) is 7.05 Å². The Labute approximate surface area is 154 Å². The molecule has 1 N–H and O–H groups in total. The highest BCUT2D eigenvalue weighted by Gasteiger charge is 2.17. The highest BCUT2D eigenvalue weighted by Crippen LogP contribution is 2.27. The van der Waals surface area contributed by atoms with Crippen LogP contribution in [0.4, 0.5) is 0 Å². The van der Waals surface area contributed by atoms with Crippen LogP contribution in [0.3, 0.4) is 0 Å². The molecule has 0 amide bonds. The summed E-state index contributed by atoms with van der Waals surface area (Å²) in [5.74, 6) is 2.82. The largest absolute Gasteiger partial charge is 0.359 e. The van der Waals surface area contributed by atoms with Crippen LogP contribution in [-0.4, -0.2) is 27.1 Å². The van der Waals surface area contributed by atoms with Crippen LogP contribution in [0.15, 0.2) is 47.1 Å². The van der Waals surface area contributed by atoms with Gasteiger partial charge in [-0.2, -0.15) is 0 Å². The van der Waals surface area contributed by atoms with Crippen molar-refractivity contribution in [1.82, 2.24) is 20.0 Å². The minimum Gasteiger partial charge on any atom is -0.359 e. The number of benzene rings is 1. The van der Waals surface area contributed by atoms with Crippen molar-refractivity contribution in [2.24, 2.45) is 5.92 Å². The van der Waals surface area contributed by atoms with E-state index in [-0.39, 0.29) is 0 Å². The second kappa shape index (κ2) is 7.87. The number of rotatable bonds is 7. The first kappa shape index (κ1) is 17.0. The van der Waals surface area contributed by atoms with Gasteiger partial charge in [-0.25, -0.2) is 4.98 Å². The zero-order valence-electron chi connectivity index (χ0n) is 15.3. The van der Waals surface area contributed by atoms with E-state index >= 15 is 0 Å². The number of aromatic nitrogens is 3. The zero-order valence-corrected chi connectivity index (χ0v) is 15.3. The third kappa shape index (κ3) is 4.22. The number of hydrogen-bond acceptors (Lipinski definition) is 4. The molecule has 26 heavy (non-hydrogen) atoms. The van der Waals surface area contributed by atoms with E-state index in [1.54, 1.807) is 0 Å². The Kier molecular flexibility index (Phi) is 5.16. The smallest absolute Gasteiger partial charge is 0.151 e. The van der Waals surface area contributed by atoms with Crippen LogP contribution in [-0.2, 0) is 19.5 Å². The van der Waals surface area contributed by atoms with E-state index in [2.05, 4.69) is 27.1 Å². The van der Waals surface area contributed by atoms with E-state index in [4.69, 9.17) is 4.52 Å². The van der Waals surface area contributed by atoms with Gasteiger partial charge in [0, 0.05) is 36.5 Å². The average Bonchev–Trinajstić information content (AvgIpc) is 3.39. The fourth-order valence-electron chi connectivity index (χ4n) is 3.82. The van der Waals surface area contributed by atoms with Crippen molar-refractivity contribution in [1.29, 1.82) is 0 Å². The highest BCUT2D eigenvalue weighted by atomic mass is 16.5. The Bertz CT molecular complexity index is 817. The summed E-state index contributed by atoms with van der Waals surface area (Å²) in [6.45, 7) is 1.54. The molecule has 5 nitrogen and oxygen atoms in total. The summed E-state index contributed by atoms with van der Waals surface area (Å²) in [5, 5.41) is 4.19. The van der Waals surface area contributed by atoms with Gasteiger partial charge in [-0.15, -0.1) is 0 Å². The first-order valence-corrected chi connectivity index (χ1v) is 9.48. The van der Waals surface area contributed by atoms with Crippen LogP contribution in [0.1, 0.15) is 43.0 Å². The summed E-state index contributed by atoms with van der Waals surface area (Å²) in [5.41, 5.74) is 3.12.